The molecule has 0 atom stereocenters. The molecule has 0 spiro atoms. The van der Waals surface area contributed by atoms with E-state index in [1.54, 1.807) is 6.92 Å². The van der Waals surface area contributed by atoms with E-state index in [0.717, 1.165) is 24.9 Å². The molecule has 0 heterocycles. The van der Waals surface area contributed by atoms with Crippen LogP contribution in [0.25, 0.3) is 0 Å². The maximum Gasteiger partial charge on any atom is 0.319 e. The van der Waals surface area contributed by atoms with Gasteiger partial charge in [-0.3, -0.25) is 0 Å². The highest BCUT2D eigenvalue weighted by molar-refractivity contribution is 6.76. The topological polar surface area (TPSA) is 26.3 Å². The fourth-order valence-corrected chi connectivity index (χ4v) is 8.60. The highest BCUT2D eigenvalue weighted by atomic mass is 28.4. The summed E-state index contributed by atoms with van der Waals surface area (Å²) in [6.45, 7) is 9.95. The third-order valence-electron chi connectivity index (χ3n) is 4.34. The highest BCUT2D eigenvalue weighted by Crippen LogP contribution is 2.43. The first-order chi connectivity index (χ1) is 9.05. The molecule has 1 rings (SSSR count). The van der Waals surface area contributed by atoms with Crippen LogP contribution in [-0.4, -0.2) is 14.3 Å². The van der Waals surface area contributed by atoms with Gasteiger partial charge >= 0.3 is 5.97 Å². The van der Waals surface area contributed by atoms with Crippen molar-refractivity contribution in [3.8, 4) is 0 Å². The van der Waals surface area contributed by atoms with Crippen molar-refractivity contribution in [2.45, 2.75) is 83.3 Å². The largest absolute Gasteiger partial charge is 0.516 e. The summed E-state index contributed by atoms with van der Waals surface area (Å²) >= 11 is 0. The van der Waals surface area contributed by atoms with Crippen LogP contribution in [0.2, 0.25) is 17.6 Å². The van der Waals surface area contributed by atoms with Crippen molar-refractivity contribution in [3.05, 3.63) is 12.2 Å². The van der Waals surface area contributed by atoms with Gasteiger partial charge in [0.05, 0.1) is 0 Å². The first-order valence-corrected chi connectivity index (χ1v) is 10.3. The lowest BCUT2D eigenvalue weighted by Crippen LogP contribution is -2.45. The quantitative estimate of drug-likeness (QED) is 0.473. The Bertz CT molecular complexity index is 300. The van der Waals surface area contributed by atoms with E-state index in [0.29, 0.717) is 11.1 Å². The van der Waals surface area contributed by atoms with Crippen molar-refractivity contribution in [2.75, 3.05) is 0 Å². The number of carbonyl (C=O) groups is 1. The van der Waals surface area contributed by atoms with Crippen LogP contribution in [0.5, 0.6) is 0 Å². The molecule has 3 heteroatoms. The summed E-state index contributed by atoms with van der Waals surface area (Å²) in [5.41, 5.74) is 1.24. The second-order valence-electron chi connectivity index (χ2n) is 6.07. The molecule has 0 bridgehead atoms. The summed E-state index contributed by atoms with van der Waals surface area (Å²) in [4.78, 5) is 12.1. The van der Waals surface area contributed by atoms with Gasteiger partial charge in [-0.15, -0.1) is 0 Å². The molecule has 1 fully saturated rings. The van der Waals surface area contributed by atoms with Gasteiger partial charge in [-0.05, 0) is 37.4 Å². The normalized spacial score (nSPS) is 17.2. The molecule has 2 nitrogen and oxygen atoms in total. The second-order valence-corrected chi connectivity index (χ2v) is 10.2. The van der Waals surface area contributed by atoms with E-state index < -0.39 is 8.32 Å². The Morgan fingerprint density at radius 3 is 2.11 bits per heavy atom. The van der Waals surface area contributed by atoms with Crippen molar-refractivity contribution < 1.29 is 9.22 Å². The first kappa shape index (κ1) is 16.5. The summed E-state index contributed by atoms with van der Waals surface area (Å²) in [7, 11) is -1.93. The van der Waals surface area contributed by atoms with Crippen LogP contribution in [0.1, 0.15) is 65.7 Å². The van der Waals surface area contributed by atoms with Gasteiger partial charge in [0.2, 0.25) is 0 Å². The molecule has 0 radical (unpaired) electrons. The molecule has 110 valence electrons. The van der Waals surface area contributed by atoms with E-state index in [2.05, 4.69) is 20.4 Å². The molecule has 0 aromatic heterocycles. The third-order valence-corrected chi connectivity index (χ3v) is 9.69. The molecule has 0 aliphatic heterocycles. The second kappa shape index (κ2) is 7.88. The summed E-state index contributed by atoms with van der Waals surface area (Å²) < 4.78 is 6.12. The molecular formula is C16H30O2Si. The van der Waals surface area contributed by atoms with Gasteiger partial charge in [-0.1, -0.05) is 52.5 Å². The van der Waals surface area contributed by atoms with Crippen LogP contribution in [-0.2, 0) is 9.22 Å². The molecule has 0 aromatic rings. The monoisotopic (exact) mass is 282 g/mol. The van der Waals surface area contributed by atoms with Crippen LogP contribution < -0.4 is 0 Å². The Morgan fingerprint density at radius 1 is 1.16 bits per heavy atom. The molecule has 0 N–H and O–H groups in total. The Morgan fingerprint density at radius 2 is 1.68 bits per heavy atom. The van der Waals surface area contributed by atoms with E-state index in [4.69, 9.17) is 4.43 Å². The fourth-order valence-electron chi connectivity index (χ4n) is 3.47. The van der Waals surface area contributed by atoms with Gasteiger partial charge in [0.15, 0.2) is 0 Å². The van der Waals surface area contributed by atoms with Crippen LogP contribution in [0.4, 0.5) is 0 Å². The van der Waals surface area contributed by atoms with Crippen molar-refractivity contribution in [1.29, 1.82) is 0 Å². The molecule has 19 heavy (non-hydrogen) atoms. The first-order valence-electron chi connectivity index (χ1n) is 7.94. The summed E-state index contributed by atoms with van der Waals surface area (Å²) in [6.07, 6.45) is 8.80. The van der Waals surface area contributed by atoms with Gasteiger partial charge in [-0.25, -0.2) is 4.79 Å². The lowest BCUT2D eigenvalue weighted by Gasteiger charge is -2.40. The minimum atomic E-state index is -1.93. The Hall–Kier alpha value is -0.573. The van der Waals surface area contributed by atoms with Crippen LogP contribution in [0.15, 0.2) is 12.2 Å². The zero-order valence-corrected chi connectivity index (χ0v) is 14.0. The summed E-state index contributed by atoms with van der Waals surface area (Å²) in [5, 5.41) is 0. The summed E-state index contributed by atoms with van der Waals surface area (Å²) in [6, 6.07) is 2.26. The number of hydrogen-bond acceptors (Lipinski definition) is 2. The third kappa shape index (κ3) is 4.48. The average Bonchev–Trinajstić information content (AvgIpc) is 2.40. The SMILES string of the molecule is C=C(C)C(=O)O[Si](CCC)(CCC)C1CCCCC1. The Kier molecular flexibility index (Phi) is 6.84. The van der Waals surface area contributed by atoms with Crippen molar-refractivity contribution >= 4 is 14.3 Å². The Balaban J connectivity index is 2.90. The van der Waals surface area contributed by atoms with Gasteiger partial charge in [0.25, 0.3) is 8.32 Å². The highest BCUT2D eigenvalue weighted by Gasteiger charge is 2.44. The van der Waals surface area contributed by atoms with Crippen molar-refractivity contribution in [2.24, 2.45) is 0 Å². The summed E-state index contributed by atoms with van der Waals surface area (Å²) in [5.74, 6) is -0.140. The minimum absolute atomic E-state index is 0.140. The van der Waals surface area contributed by atoms with E-state index in [1.165, 1.54) is 32.1 Å². The lowest BCUT2D eigenvalue weighted by atomic mass is 10.0. The zero-order chi connectivity index (χ0) is 14.3. The smallest absolute Gasteiger partial charge is 0.319 e. The standard InChI is InChI=1S/C16H30O2Si/c1-5-12-19(13-6-2,18-16(17)14(3)4)15-10-8-7-9-11-15/h15H,3,5-13H2,1-2,4H3. The van der Waals surface area contributed by atoms with Crippen LogP contribution in [0, 0.1) is 0 Å². The van der Waals surface area contributed by atoms with Gasteiger partial charge in [-0.2, -0.15) is 0 Å². The molecule has 1 aliphatic carbocycles. The number of rotatable bonds is 7. The van der Waals surface area contributed by atoms with E-state index in [-0.39, 0.29) is 5.97 Å². The number of hydrogen-bond donors (Lipinski definition) is 0. The molecule has 1 aliphatic rings. The molecule has 0 unspecified atom stereocenters. The average molecular weight is 282 g/mol. The maximum atomic E-state index is 12.1. The Labute approximate surface area is 119 Å². The molecule has 1 saturated carbocycles. The van der Waals surface area contributed by atoms with E-state index in [9.17, 15) is 4.79 Å². The predicted molar refractivity (Wildman–Crippen MR) is 83.7 cm³/mol. The van der Waals surface area contributed by atoms with E-state index >= 15 is 0 Å². The van der Waals surface area contributed by atoms with Gasteiger partial charge in [0.1, 0.15) is 0 Å². The predicted octanol–water partition coefficient (Wildman–Crippen LogP) is 5.21. The number of carbonyl (C=O) groups excluding carboxylic acids is 1. The lowest BCUT2D eigenvalue weighted by molar-refractivity contribution is -0.131. The van der Waals surface area contributed by atoms with E-state index in [1.807, 2.05) is 0 Å². The van der Waals surface area contributed by atoms with Crippen LogP contribution >= 0.6 is 0 Å². The maximum absolute atomic E-state index is 12.1. The molecule has 0 aromatic carbocycles. The fraction of sp³-hybridized carbons (Fsp3) is 0.812. The van der Waals surface area contributed by atoms with Crippen molar-refractivity contribution in [1.82, 2.24) is 0 Å². The molecule has 0 amide bonds. The zero-order valence-electron chi connectivity index (χ0n) is 13.0. The minimum Gasteiger partial charge on any atom is -0.516 e. The van der Waals surface area contributed by atoms with Crippen molar-refractivity contribution in [3.63, 3.8) is 0 Å². The van der Waals surface area contributed by atoms with Crippen LogP contribution in [0.3, 0.4) is 0 Å². The van der Waals surface area contributed by atoms with Gasteiger partial charge < -0.3 is 4.43 Å². The molecule has 0 saturated heterocycles. The van der Waals surface area contributed by atoms with Gasteiger partial charge in [0, 0.05) is 5.57 Å². The molecular weight excluding hydrogens is 252 g/mol.